The third-order valence-electron chi connectivity index (χ3n) is 4.75. The van der Waals surface area contributed by atoms with Crippen LogP contribution in [-0.2, 0) is 6.18 Å². The SMILES string of the molecule is CCN1CCCCC1.Cc1cc(N)nnc1-c1ccc(C(F)(F)F)c(N)c1N. The lowest BCUT2D eigenvalue weighted by Crippen LogP contribution is -2.29. The summed E-state index contributed by atoms with van der Waals surface area (Å²) < 4.78 is 38.1. The van der Waals surface area contributed by atoms with Gasteiger partial charge in [-0.2, -0.15) is 13.2 Å². The number of aromatic nitrogens is 2. The fraction of sp³-hybridized carbons (Fsp3) is 0.474. The van der Waals surface area contributed by atoms with Crippen LogP contribution in [0.3, 0.4) is 0 Å². The first-order valence-electron chi connectivity index (χ1n) is 9.22. The molecule has 0 spiro atoms. The minimum atomic E-state index is -4.56. The summed E-state index contributed by atoms with van der Waals surface area (Å²) in [5.74, 6) is 0.213. The Morgan fingerprint density at radius 3 is 2.14 bits per heavy atom. The van der Waals surface area contributed by atoms with Crippen molar-refractivity contribution in [2.75, 3.05) is 36.8 Å². The number of piperidine rings is 1. The number of hydrogen-bond donors (Lipinski definition) is 3. The van der Waals surface area contributed by atoms with Crippen molar-refractivity contribution in [2.45, 2.75) is 39.3 Å². The van der Waals surface area contributed by atoms with Gasteiger partial charge in [0.15, 0.2) is 0 Å². The number of nitrogen functional groups attached to an aromatic ring is 3. The predicted octanol–water partition coefficient (Wildman–Crippen LogP) is 3.71. The van der Waals surface area contributed by atoms with Crippen molar-refractivity contribution in [2.24, 2.45) is 0 Å². The second-order valence-electron chi connectivity index (χ2n) is 6.78. The van der Waals surface area contributed by atoms with Crippen molar-refractivity contribution in [3.05, 3.63) is 29.3 Å². The van der Waals surface area contributed by atoms with Gasteiger partial charge >= 0.3 is 6.18 Å². The lowest BCUT2D eigenvalue weighted by molar-refractivity contribution is -0.136. The van der Waals surface area contributed by atoms with E-state index in [4.69, 9.17) is 17.2 Å². The molecule has 154 valence electrons. The Labute approximate surface area is 162 Å². The molecule has 0 aliphatic carbocycles. The summed E-state index contributed by atoms with van der Waals surface area (Å²) in [4.78, 5) is 2.52. The van der Waals surface area contributed by atoms with Gasteiger partial charge in [0.2, 0.25) is 0 Å². The van der Waals surface area contributed by atoms with Gasteiger partial charge in [-0.15, -0.1) is 10.2 Å². The summed E-state index contributed by atoms with van der Waals surface area (Å²) in [6, 6.07) is 3.65. The normalized spacial score (nSPS) is 15.0. The van der Waals surface area contributed by atoms with Crippen molar-refractivity contribution >= 4 is 17.2 Å². The van der Waals surface area contributed by atoms with E-state index in [0.717, 1.165) is 6.07 Å². The van der Waals surface area contributed by atoms with Crippen LogP contribution in [0.5, 0.6) is 0 Å². The van der Waals surface area contributed by atoms with Gasteiger partial charge in [-0.05, 0) is 63.2 Å². The number of benzene rings is 1. The van der Waals surface area contributed by atoms with Gasteiger partial charge < -0.3 is 22.1 Å². The zero-order valence-corrected chi connectivity index (χ0v) is 16.2. The number of halogens is 3. The van der Waals surface area contributed by atoms with Crippen molar-refractivity contribution < 1.29 is 13.2 Å². The molecule has 1 aliphatic rings. The van der Waals surface area contributed by atoms with Crippen molar-refractivity contribution in [3.63, 3.8) is 0 Å². The van der Waals surface area contributed by atoms with Crippen LogP contribution in [0.1, 0.15) is 37.3 Å². The fourth-order valence-electron chi connectivity index (χ4n) is 3.14. The molecule has 6 nitrogen and oxygen atoms in total. The van der Waals surface area contributed by atoms with Crippen LogP contribution in [0.2, 0.25) is 0 Å². The number of rotatable bonds is 2. The maximum atomic E-state index is 12.7. The highest BCUT2D eigenvalue weighted by Gasteiger charge is 2.34. The number of nitrogens with zero attached hydrogens (tertiary/aromatic N) is 3. The minimum Gasteiger partial charge on any atom is -0.397 e. The maximum Gasteiger partial charge on any atom is 0.418 e. The number of likely N-dealkylation sites (tertiary alicyclic amines) is 1. The molecule has 1 fully saturated rings. The molecule has 9 heteroatoms. The standard InChI is InChI=1S/C12H12F3N5.C7H15N/c1-5-4-8(16)19-20-11(5)6-2-3-7(12(13,14)15)10(18)9(6)17;1-2-8-6-4-3-5-7-8/h2-4H,17-18H2,1H3,(H2,16,19);2-7H2,1H3. The fourth-order valence-corrected chi connectivity index (χ4v) is 3.14. The summed E-state index contributed by atoms with van der Waals surface area (Å²) in [7, 11) is 0. The summed E-state index contributed by atoms with van der Waals surface area (Å²) >= 11 is 0. The van der Waals surface area contributed by atoms with Crippen LogP contribution < -0.4 is 17.2 Å². The maximum absolute atomic E-state index is 12.7. The molecule has 1 aromatic carbocycles. The largest absolute Gasteiger partial charge is 0.418 e. The van der Waals surface area contributed by atoms with E-state index in [1.165, 1.54) is 45.0 Å². The van der Waals surface area contributed by atoms with Crippen LogP contribution in [0.4, 0.5) is 30.4 Å². The molecule has 0 amide bonds. The molecule has 1 aliphatic heterocycles. The second kappa shape index (κ2) is 9.09. The van der Waals surface area contributed by atoms with Gasteiger partial charge in [0.1, 0.15) is 5.82 Å². The van der Waals surface area contributed by atoms with Crippen LogP contribution in [0.15, 0.2) is 18.2 Å². The zero-order valence-electron chi connectivity index (χ0n) is 16.2. The molecule has 1 saturated heterocycles. The number of alkyl halides is 3. The van der Waals surface area contributed by atoms with Crippen LogP contribution >= 0.6 is 0 Å². The highest BCUT2D eigenvalue weighted by Crippen LogP contribution is 2.40. The molecule has 0 radical (unpaired) electrons. The molecule has 0 saturated carbocycles. The first-order chi connectivity index (χ1) is 13.1. The zero-order chi connectivity index (χ0) is 20.9. The first kappa shape index (κ1) is 21.7. The van der Waals surface area contributed by atoms with E-state index in [1.54, 1.807) is 13.0 Å². The Balaban J connectivity index is 0.000000292. The quantitative estimate of drug-likeness (QED) is 0.668. The number of aryl methyl sites for hydroxylation is 1. The molecule has 2 heterocycles. The molecular weight excluding hydrogens is 369 g/mol. The highest BCUT2D eigenvalue weighted by molar-refractivity contribution is 5.86. The summed E-state index contributed by atoms with van der Waals surface area (Å²) in [5.41, 5.74) is 16.2. The molecule has 0 atom stereocenters. The molecule has 2 aromatic rings. The average molecular weight is 396 g/mol. The van der Waals surface area contributed by atoms with Crippen LogP contribution in [0.25, 0.3) is 11.3 Å². The third kappa shape index (κ3) is 5.25. The van der Waals surface area contributed by atoms with Gasteiger partial charge in [0, 0.05) is 5.56 Å². The second-order valence-corrected chi connectivity index (χ2v) is 6.78. The molecule has 0 bridgehead atoms. The lowest BCUT2D eigenvalue weighted by Gasteiger charge is -2.24. The van der Waals surface area contributed by atoms with E-state index in [2.05, 4.69) is 22.0 Å². The topological polar surface area (TPSA) is 107 Å². The van der Waals surface area contributed by atoms with E-state index in [1.807, 2.05) is 0 Å². The average Bonchev–Trinajstić information content (AvgIpc) is 2.65. The Morgan fingerprint density at radius 1 is 1.00 bits per heavy atom. The molecule has 3 rings (SSSR count). The van der Waals surface area contributed by atoms with Crippen molar-refractivity contribution in [1.82, 2.24) is 15.1 Å². The van der Waals surface area contributed by atoms with E-state index in [-0.39, 0.29) is 11.5 Å². The first-order valence-corrected chi connectivity index (χ1v) is 9.22. The van der Waals surface area contributed by atoms with Gasteiger partial charge in [-0.25, -0.2) is 0 Å². The Kier molecular flexibility index (Phi) is 7.06. The Bertz CT molecular complexity index is 801. The van der Waals surface area contributed by atoms with Crippen LogP contribution in [0, 0.1) is 6.92 Å². The predicted molar refractivity (Wildman–Crippen MR) is 106 cm³/mol. The van der Waals surface area contributed by atoms with E-state index in [0.29, 0.717) is 16.8 Å². The molecule has 28 heavy (non-hydrogen) atoms. The molecule has 0 unspecified atom stereocenters. The summed E-state index contributed by atoms with van der Waals surface area (Å²) in [6.45, 7) is 7.88. The van der Waals surface area contributed by atoms with Gasteiger partial charge in [0.25, 0.3) is 0 Å². The molecule has 6 N–H and O–H groups in total. The Hall–Kier alpha value is -2.55. The van der Waals surface area contributed by atoms with Gasteiger partial charge in [-0.3, -0.25) is 0 Å². The monoisotopic (exact) mass is 396 g/mol. The van der Waals surface area contributed by atoms with E-state index < -0.39 is 17.4 Å². The number of anilines is 3. The van der Waals surface area contributed by atoms with Gasteiger partial charge in [0.05, 0.1) is 22.6 Å². The summed E-state index contributed by atoms with van der Waals surface area (Å²) in [6.07, 6.45) is -0.253. The number of nitrogens with two attached hydrogens (primary N) is 3. The van der Waals surface area contributed by atoms with E-state index in [9.17, 15) is 13.2 Å². The van der Waals surface area contributed by atoms with E-state index >= 15 is 0 Å². The Morgan fingerprint density at radius 2 is 1.64 bits per heavy atom. The summed E-state index contributed by atoms with van der Waals surface area (Å²) in [5, 5.41) is 7.52. The molecule has 1 aromatic heterocycles. The van der Waals surface area contributed by atoms with Crippen LogP contribution in [-0.4, -0.2) is 34.7 Å². The van der Waals surface area contributed by atoms with Crippen molar-refractivity contribution in [3.8, 4) is 11.3 Å². The third-order valence-corrected chi connectivity index (χ3v) is 4.75. The van der Waals surface area contributed by atoms with Crippen molar-refractivity contribution in [1.29, 1.82) is 0 Å². The molecular formula is C19H27F3N6. The minimum absolute atomic E-state index is 0.179. The lowest BCUT2D eigenvalue weighted by atomic mass is 10.0. The number of hydrogen-bond acceptors (Lipinski definition) is 6. The highest BCUT2D eigenvalue weighted by atomic mass is 19.4. The van der Waals surface area contributed by atoms with Gasteiger partial charge in [-0.1, -0.05) is 13.3 Å². The smallest absolute Gasteiger partial charge is 0.397 e.